The van der Waals surface area contributed by atoms with Gasteiger partial charge in [0.25, 0.3) is 5.82 Å². The maximum Gasteiger partial charge on any atom is 0.258 e. The number of hydrogen-bond donors (Lipinski definition) is 0. The first-order valence-corrected chi connectivity index (χ1v) is 15.3. The molecule has 0 radical (unpaired) electrons. The summed E-state index contributed by atoms with van der Waals surface area (Å²) in [5.74, 6) is 2.14. The molecule has 0 amide bonds. The summed E-state index contributed by atoms with van der Waals surface area (Å²) in [7, 11) is 0. The van der Waals surface area contributed by atoms with Crippen LogP contribution in [0.1, 0.15) is 174 Å². The third-order valence-corrected chi connectivity index (χ3v) is 7.29. The summed E-state index contributed by atoms with van der Waals surface area (Å²) >= 11 is 0. The van der Waals surface area contributed by atoms with E-state index in [1.54, 1.807) is 0 Å². The van der Waals surface area contributed by atoms with Crippen molar-refractivity contribution in [1.29, 1.82) is 0 Å². The van der Waals surface area contributed by atoms with Gasteiger partial charge in [-0.05, 0) is 25.7 Å². The zero-order chi connectivity index (χ0) is 24.0. The first-order chi connectivity index (χ1) is 16.2. The average Bonchev–Trinajstić information content (AvgIpc) is 3.21. The number of hydrogen-bond acceptors (Lipinski definition) is 0. The molecule has 1 aromatic heterocycles. The van der Waals surface area contributed by atoms with Crippen LogP contribution in [-0.4, -0.2) is 4.57 Å². The summed E-state index contributed by atoms with van der Waals surface area (Å²) in [4.78, 5) is 0. The third-order valence-electron chi connectivity index (χ3n) is 7.29. The van der Waals surface area contributed by atoms with Crippen molar-refractivity contribution in [2.75, 3.05) is 0 Å². The molecular weight excluding hydrogens is 400 g/mol. The molecule has 0 bridgehead atoms. The molecule has 194 valence electrons. The molecule has 0 saturated carbocycles. The minimum Gasteiger partial charge on any atom is -0.234 e. The van der Waals surface area contributed by atoms with Gasteiger partial charge < -0.3 is 0 Å². The highest BCUT2D eigenvalue weighted by Crippen LogP contribution is 2.15. The molecule has 0 unspecified atom stereocenters. The molecule has 0 aliphatic rings. The lowest BCUT2D eigenvalue weighted by atomic mass is 10.0. The average molecular weight is 462 g/mol. The summed E-state index contributed by atoms with van der Waals surface area (Å²) in [5.41, 5.74) is 0. The number of unbranched alkanes of at least 4 members (excludes halogenated alkanes) is 19. The van der Waals surface area contributed by atoms with Crippen LogP contribution >= 0.6 is 0 Å². The molecule has 1 aromatic rings. The van der Waals surface area contributed by atoms with Crippen molar-refractivity contribution in [3.8, 4) is 0 Å². The van der Waals surface area contributed by atoms with E-state index in [0.717, 1.165) is 0 Å². The van der Waals surface area contributed by atoms with E-state index < -0.39 is 0 Å². The van der Waals surface area contributed by atoms with E-state index >= 15 is 0 Å². The molecule has 33 heavy (non-hydrogen) atoms. The van der Waals surface area contributed by atoms with Gasteiger partial charge >= 0.3 is 0 Å². The van der Waals surface area contributed by atoms with Gasteiger partial charge in [-0.25, -0.2) is 9.13 Å². The summed E-state index contributed by atoms with van der Waals surface area (Å²) in [6, 6.07) is 0. The minimum absolute atomic E-state index is 0.608. The summed E-state index contributed by atoms with van der Waals surface area (Å²) in [6.45, 7) is 11.7. The normalized spacial score (nSPS) is 11.7. The largest absolute Gasteiger partial charge is 0.258 e. The van der Waals surface area contributed by atoms with Gasteiger partial charge in [-0.15, -0.1) is 0 Å². The molecule has 0 N–H and O–H groups in total. The van der Waals surface area contributed by atoms with Crippen LogP contribution in [0.3, 0.4) is 0 Å². The Morgan fingerprint density at radius 1 is 0.576 bits per heavy atom. The molecule has 2 heteroatoms. The fraction of sp³-hybridized carbons (Fsp3) is 0.903. The smallest absolute Gasteiger partial charge is 0.234 e. The van der Waals surface area contributed by atoms with Gasteiger partial charge in [0.05, 0.1) is 19.0 Å². The van der Waals surface area contributed by atoms with Gasteiger partial charge in [-0.1, -0.05) is 137 Å². The molecule has 1 heterocycles. The summed E-state index contributed by atoms with van der Waals surface area (Å²) in [5, 5.41) is 0. The highest BCUT2D eigenvalue weighted by atomic mass is 15.1. The first-order valence-electron chi connectivity index (χ1n) is 15.3. The Hall–Kier alpha value is -0.790. The van der Waals surface area contributed by atoms with Crippen molar-refractivity contribution in [2.24, 2.45) is 0 Å². The number of aromatic nitrogens is 2. The van der Waals surface area contributed by atoms with Crippen molar-refractivity contribution in [3.63, 3.8) is 0 Å². The topological polar surface area (TPSA) is 8.81 Å². The van der Waals surface area contributed by atoms with Crippen LogP contribution in [0.5, 0.6) is 0 Å². The van der Waals surface area contributed by atoms with Crippen LogP contribution in [0.2, 0.25) is 0 Å². The Balaban J connectivity index is 2.01. The van der Waals surface area contributed by atoms with E-state index in [0.29, 0.717) is 5.92 Å². The van der Waals surface area contributed by atoms with Gasteiger partial charge in [-0.2, -0.15) is 0 Å². The molecule has 2 nitrogen and oxygen atoms in total. The van der Waals surface area contributed by atoms with E-state index in [-0.39, 0.29) is 0 Å². The maximum atomic E-state index is 2.54. The van der Waals surface area contributed by atoms with E-state index in [9.17, 15) is 0 Å². The summed E-state index contributed by atoms with van der Waals surface area (Å²) in [6.07, 6.45) is 34.6. The van der Waals surface area contributed by atoms with Gasteiger partial charge in [0, 0.05) is 0 Å². The molecule has 0 spiro atoms. The van der Waals surface area contributed by atoms with E-state index in [1.807, 2.05) is 0 Å². The highest BCUT2D eigenvalue weighted by molar-refractivity contribution is 4.89. The second kappa shape index (κ2) is 21.7. The second-order valence-corrected chi connectivity index (χ2v) is 10.9. The van der Waals surface area contributed by atoms with Gasteiger partial charge in [-0.3, -0.25) is 0 Å². The molecule has 0 aliphatic heterocycles. The lowest BCUT2D eigenvalue weighted by Gasteiger charge is -2.08. The predicted octanol–water partition coefficient (Wildman–Crippen LogP) is 10.1. The van der Waals surface area contributed by atoms with E-state index in [4.69, 9.17) is 0 Å². The Kier molecular flexibility index (Phi) is 19.9. The number of nitrogens with zero attached hydrogens (tertiary/aromatic N) is 2. The van der Waals surface area contributed by atoms with Crippen LogP contribution in [0.25, 0.3) is 0 Å². The first kappa shape index (κ1) is 30.2. The van der Waals surface area contributed by atoms with Crippen molar-refractivity contribution in [1.82, 2.24) is 4.57 Å². The fourth-order valence-corrected chi connectivity index (χ4v) is 5.24. The number of imidazole rings is 1. The van der Waals surface area contributed by atoms with Gasteiger partial charge in [0.15, 0.2) is 0 Å². The predicted molar refractivity (Wildman–Crippen MR) is 147 cm³/mol. The molecule has 1 rings (SSSR count). The van der Waals surface area contributed by atoms with Gasteiger partial charge in [0.2, 0.25) is 0 Å². The summed E-state index contributed by atoms with van der Waals surface area (Å²) < 4.78 is 5.07. The van der Waals surface area contributed by atoms with Crippen LogP contribution in [0, 0.1) is 0 Å². The number of aryl methyl sites for hydroxylation is 2. The fourth-order valence-electron chi connectivity index (χ4n) is 5.24. The third kappa shape index (κ3) is 15.7. The Bertz CT molecular complexity index is 531. The van der Waals surface area contributed by atoms with Crippen LogP contribution in [0.15, 0.2) is 12.4 Å². The molecule has 0 atom stereocenters. The lowest BCUT2D eigenvalue weighted by molar-refractivity contribution is -0.705. The zero-order valence-corrected chi connectivity index (χ0v) is 23.4. The van der Waals surface area contributed by atoms with Crippen molar-refractivity contribution in [2.45, 2.75) is 182 Å². The zero-order valence-electron chi connectivity index (χ0n) is 23.4. The molecule has 0 saturated heterocycles. The maximum absolute atomic E-state index is 2.54. The molecule has 0 fully saturated rings. The van der Waals surface area contributed by atoms with E-state index in [2.05, 4.69) is 49.2 Å². The van der Waals surface area contributed by atoms with Crippen LogP contribution in [0.4, 0.5) is 0 Å². The monoisotopic (exact) mass is 461 g/mol. The SMILES string of the molecule is CCCCCCCCCCCCCCCCCC[n+]1ccn(CCCCCCC)c1C(C)C. The standard InChI is InChI=1S/C31H61N2/c1-5-7-9-11-12-13-14-15-16-17-18-19-20-21-23-25-27-33-29-28-32(31(33)30(3)4)26-24-22-10-8-6-2/h28-30H,5-27H2,1-4H3/q+1. The lowest BCUT2D eigenvalue weighted by Crippen LogP contribution is -2.38. The van der Waals surface area contributed by atoms with Gasteiger partial charge in [0.1, 0.15) is 12.4 Å². The van der Waals surface area contributed by atoms with Crippen molar-refractivity contribution < 1.29 is 4.57 Å². The molecular formula is C31H61N2+. The molecule has 0 aliphatic carbocycles. The van der Waals surface area contributed by atoms with E-state index in [1.165, 1.54) is 154 Å². The van der Waals surface area contributed by atoms with Crippen molar-refractivity contribution in [3.05, 3.63) is 18.2 Å². The van der Waals surface area contributed by atoms with Crippen LogP contribution < -0.4 is 4.57 Å². The Morgan fingerprint density at radius 2 is 0.970 bits per heavy atom. The molecule has 0 aromatic carbocycles. The Morgan fingerprint density at radius 3 is 1.39 bits per heavy atom. The Labute approximate surface area is 208 Å². The number of rotatable bonds is 24. The highest BCUT2D eigenvalue weighted by Gasteiger charge is 2.19. The quantitative estimate of drug-likeness (QED) is 0.107. The second-order valence-electron chi connectivity index (χ2n) is 10.9. The van der Waals surface area contributed by atoms with Crippen molar-refractivity contribution >= 4 is 0 Å². The minimum atomic E-state index is 0.608. The van der Waals surface area contributed by atoms with Crippen LogP contribution in [-0.2, 0) is 13.1 Å².